The summed E-state index contributed by atoms with van der Waals surface area (Å²) in [5.74, 6) is 0.871. The van der Waals surface area contributed by atoms with Gasteiger partial charge in [-0.2, -0.15) is 21.0 Å². The zero-order valence-corrected chi connectivity index (χ0v) is 19.4. The fraction of sp³-hybridized carbons (Fsp3) is 0. The van der Waals surface area contributed by atoms with Crippen molar-refractivity contribution in [3.8, 4) is 24.3 Å². The van der Waals surface area contributed by atoms with Crippen LogP contribution < -0.4 is 9.80 Å². The molecule has 0 atom stereocenters. The van der Waals surface area contributed by atoms with Gasteiger partial charge in [-0.05, 0) is 35.0 Å². The number of para-hydroxylation sites is 1. The Bertz CT molecular complexity index is 1850. The second-order valence-corrected chi connectivity index (χ2v) is 8.12. The van der Waals surface area contributed by atoms with Crippen molar-refractivity contribution in [1.82, 2.24) is 19.9 Å². The fourth-order valence-electron chi connectivity index (χ4n) is 4.33. The number of rotatable bonds is 2. The summed E-state index contributed by atoms with van der Waals surface area (Å²) in [6.45, 7) is 0. The van der Waals surface area contributed by atoms with Crippen LogP contribution >= 0.6 is 0 Å². The third kappa shape index (κ3) is 3.31. The van der Waals surface area contributed by atoms with Crippen molar-refractivity contribution >= 4 is 45.4 Å². The maximum Gasteiger partial charge on any atom is 0.184 e. The Morgan fingerprint density at radius 2 is 0.868 bits per heavy atom. The van der Waals surface area contributed by atoms with Crippen LogP contribution in [0.1, 0.15) is 22.8 Å². The standard InChI is InChI=1S/C28H12N10/c29-13-21-23(15-31)35-27-25(33-21)37(19-8-2-1-3-9-19)26-28(36-24(16-32)22(14-30)34-26)38(27)20-11-10-17-6-4-5-7-18(17)12-20/h1-12H. The molecule has 0 bridgehead atoms. The Labute approximate surface area is 216 Å². The molecule has 10 heteroatoms. The second kappa shape index (κ2) is 8.70. The predicted octanol–water partition coefficient (Wildman–Crippen LogP) is 5.16. The summed E-state index contributed by atoms with van der Waals surface area (Å²) in [5.41, 5.74) is 0.599. The van der Waals surface area contributed by atoms with Crippen molar-refractivity contribution in [3.05, 3.63) is 95.6 Å². The van der Waals surface area contributed by atoms with Crippen LogP contribution in [0.3, 0.4) is 0 Å². The molecule has 0 unspecified atom stereocenters. The Morgan fingerprint density at radius 3 is 1.34 bits per heavy atom. The Morgan fingerprint density at radius 1 is 0.447 bits per heavy atom. The molecule has 0 saturated heterocycles. The SMILES string of the molecule is N#Cc1nc2c(nc1C#N)N(c1ccc3ccccc3c1)c1nc(C#N)c(C#N)nc1N2c1ccccc1. The van der Waals surface area contributed by atoms with Gasteiger partial charge in [0, 0.05) is 11.4 Å². The molecule has 2 aromatic heterocycles. The van der Waals surface area contributed by atoms with Gasteiger partial charge in [0.15, 0.2) is 46.0 Å². The third-order valence-electron chi connectivity index (χ3n) is 6.00. The van der Waals surface area contributed by atoms with E-state index < -0.39 is 0 Å². The third-order valence-corrected chi connectivity index (χ3v) is 6.00. The molecule has 0 spiro atoms. The lowest BCUT2D eigenvalue weighted by Crippen LogP contribution is -2.29. The first-order chi connectivity index (χ1) is 18.7. The van der Waals surface area contributed by atoms with Crippen molar-refractivity contribution < 1.29 is 0 Å². The number of aromatic nitrogens is 4. The van der Waals surface area contributed by atoms with Crippen LogP contribution in [0.4, 0.5) is 34.6 Å². The van der Waals surface area contributed by atoms with Crippen molar-refractivity contribution in [2.45, 2.75) is 0 Å². The molecule has 3 heterocycles. The molecule has 6 rings (SSSR count). The first-order valence-corrected chi connectivity index (χ1v) is 11.3. The smallest absolute Gasteiger partial charge is 0.184 e. The molecule has 174 valence electrons. The quantitative estimate of drug-likeness (QED) is 0.319. The molecule has 0 aliphatic carbocycles. The van der Waals surface area contributed by atoms with Gasteiger partial charge >= 0.3 is 0 Å². The van der Waals surface area contributed by atoms with Gasteiger partial charge < -0.3 is 0 Å². The minimum atomic E-state index is -0.157. The molecule has 1 aliphatic rings. The van der Waals surface area contributed by atoms with E-state index in [4.69, 9.17) is 0 Å². The molecule has 5 aromatic rings. The van der Waals surface area contributed by atoms with E-state index in [1.807, 2.05) is 84.9 Å². The molecular formula is C28H12N10. The van der Waals surface area contributed by atoms with Crippen molar-refractivity contribution in [2.24, 2.45) is 0 Å². The summed E-state index contributed by atoms with van der Waals surface area (Å²) < 4.78 is 0. The van der Waals surface area contributed by atoms with Gasteiger partial charge in [0.2, 0.25) is 0 Å². The summed E-state index contributed by atoms with van der Waals surface area (Å²) in [5, 5.41) is 40.8. The largest absolute Gasteiger partial charge is 0.273 e. The predicted molar refractivity (Wildman–Crippen MR) is 137 cm³/mol. The number of benzene rings is 3. The molecule has 0 saturated carbocycles. The number of nitriles is 4. The highest BCUT2D eigenvalue weighted by molar-refractivity contribution is 5.98. The van der Waals surface area contributed by atoms with Gasteiger partial charge in [0.05, 0.1) is 0 Å². The Hall–Kier alpha value is -6.36. The highest BCUT2D eigenvalue weighted by atomic mass is 15.4. The van der Waals surface area contributed by atoms with Gasteiger partial charge in [-0.1, -0.05) is 48.5 Å². The van der Waals surface area contributed by atoms with Crippen molar-refractivity contribution in [3.63, 3.8) is 0 Å². The van der Waals surface area contributed by atoms with E-state index in [0.717, 1.165) is 10.8 Å². The number of nitrogens with zero attached hydrogens (tertiary/aromatic N) is 10. The van der Waals surface area contributed by atoms with Crippen LogP contribution in [-0.4, -0.2) is 19.9 Å². The lowest BCUT2D eigenvalue weighted by Gasteiger charge is -2.36. The van der Waals surface area contributed by atoms with E-state index in [0.29, 0.717) is 11.4 Å². The zero-order chi connectivity index (χ0) is 26.2. The van der Waals surface area contributed by atoms with Crippen LogP contribution in [0.2, 0.25) is 0 Å². The number of hydrogen-bond donors (Lipinski definition) is 0. The van der Waals surface area contributed by atoms with Crippen molar-refractivity contribution in [1.29, 1.82) is 21.0 Å². The molecular weight excluding hydrogens is 476 g/mol. The number of anilines is 6. The normalized spacial score (nSPS) is 11.5. The summed E-state index contributed by atoms with van der Waals surface area (Å²) >= 11 is 0. The average Bonchev–Trinajstić information content (AvgIpc) is 2.98. The van der Waals surface area contributed by atoms with Crippen LogP contribution in [-0.2, 0) is 0 Å². The number of fused-ring (bicyclic) bond motifs is 3. The molecule has 38 heavy (non-hydrogen) atoms. The Balaban J connectivity index is 1.74. The van der Waals surface area contributed by atoms with Gasteiger partial charge in [-0.15, -0.1) is 0 Å². The maximum absolute atomic E-state index is 9.74. The van der Waals surface area contributed by atoms with Gasteiger partial charge in [-0.25, -0.2) is 19.9 Å². The summed E-state index contributed by atoms with van der Waals surface area (Å²) in [7, 11) is 0. The molecule has 1 aliphatic heterocycles. The average molecular weight is 488 g/mol. The van der Waals surface area contributed by atoms with E-state index in [1.54, 1.807) is 21.9 Å². The van der Waals surface area contributed by atoms with Crippen LogP contribution in [0.5, 0.6) is 0 Å². The van der Waals surface area contributed by atoms with E-state index >= 15 is 0 Å². The van der Waals surface area contributed by atoms with E-state index in [9.17, 15) is 21.0 Å². The minimum absolute atomic E-state index is 0.156. The summed E-state index contributed by atoms with van der Waals surface area (Å²) in [6, 6.07) is 30.3. The van der Waals surface area contributed by atoms with Gasteiger partial charge in [-0.3, -0.25) is 9.80 Å². The van der Waals surface area contributed by atoms with Gasteiger partial charge in [0.1, 0.15) is 24.3 Å². The van der Waals surface area contributed by atoms with E-state index in [-0.39, 0.29) is 46.0 Å². The van der Waals surface area contributed by atoms with Crippen LogP contribution in [0, 0.1) is 45.3 Å². The van der Waals surface area contributed by atoms with Crippen LogP contribution in [0.25, 0.3) is 10.8 Å². The summed E-state index contributed by atoms with van der Waals surface area (Å²) in [6.07, 6.45) is 0. The fourth-order valence-corrected chi connectivity index (χ4v) is 4.33. The molecule has 0 fully saturated rings. The lowest BCUT2D eigenvalue weighted by atomic mass is 10.1. The van der Waals surface area contributed by atoms with E-state index in [2.05, 4.69) is 19.9 Å². The lowest BCUT2D eigenvalue weighted by molar-refractivity contribution is 0.965. The molecule has 0 radical (unpaired) electrons. The molecule has 0 N–H and O–H groups in total. The highest BCUT2D eigenvalue weighted by Crippen LogP contribution is 2.51. The van der Waals surface area contributed by atoms with E-state index in [1.165, 1.54) is 0 Å². The topological polar surface area (TPSA) is 153 Å². The monoisotopic (exact) mass is 488 g/mol. The molecule has 10 nitrogen and oxygen atoms in total. The first-order valence-electron chi connectivity index (χ1n) is 11.3. The molecule has 3 aromatic carbocycles. The maximum atomic E-state index is 9.74. The van der Waals surface area contributed by atoms with Crippen molar-refractivity contribution in [2.75, 3.05) is 9.80 Å². The highest BCUT2D eigenvalue weighted by Gasteiger charge is 2.37. The number of hydrogen-bond acceptors (Lipinski definition) is 10. The first kappa shape index (κ1) is 22.1. The zero-order valence-electron chi connectivity index (χ0n) is 19.4. The minimum Gasteiger partial charge on any atom is -0.273 e. The van der Waals surface area contributed by atoms with Gasteiger partial charge in [0.25, 0.3) is 0 Å². The molecule has 0 amide bonds. The van der Waals surface area contributed by atoms with Crippen LogP contribution in [0.15, 0.2) is 72.8 Å². The second-order valence-electron chi connectivity index (χ2n) is 8.12. The summed E-state index contributed by atoms with van der Waals surface area (Å²) in [4.78, 5) is 21.4. The Kier molecular flexibility index (Phi) is 5.06.